The third kappa shape index (κ3) is 6.27. The second-order valence-corrected chi connectivity index (χ2v) is 11.2. The number of piperidine rings is 1. The number of alkyl halides is 1. The van der Waals surface area contributed by atoms with Gasteiger partial charge in [0.2, 0.25) is 0 Å². The number of aliphatic hydroxyl groups excluding tert-OH is 1. The second kappa shape index (κ2) is 11.9. The zero-order chi connectivity index (χ0) is 27.7. The molecule has 5 rings (SSSR count). The smallest absolute Gasteiger partial charge is 0.161 e. The first-order chi connectivity index (χ1) is 18.7. The van der Waals surface area contributed by atoms with Crippen LogP contribution in [0.3, 0.4) is 0 Å². The average Bonchev–Trinajstić information content (AvgIpc) is 3.71. The summed E-state index contributed by atoms with van der Waals surface area (Å²) in [5, 5.41) is 17.6. The zero-order valence-electron chi connectivity index (χ0n) is 23.0. The van der Waals surface area contributed by atoms with Gasteiger partial charge in [-0.25, -0.2) is 14.4 Å². The van der Waals surface area contributed by atoms with Gasteiger partial charge in [-0.3, -0.25) is 4.90 Å². The van der Waals surface area contributed by atoms with Crippen molar-refractivity contribution >= 4 is 11.6 Å². The van der Waals surface area contributed by atoms with Crippen molar-refractivity contribution in [3.63, 3.8) is 0 Å². The number of halogens is 2. The summed E-state index contributed by atoms with van der Waals surface area (Å²) in [4.78, 5) is 12.2. The highest BCUT2D eigenvalue weighted by atomic mass is 35.5. The molecule has 2 aliphatic rings. The molecule has 2 aromatic heterocycles. The standard InChI is InChI=1S/C29H37ClFN5O3/c1-16-26(11-19-9-10-36(14-25(19)31)20-5-6-20)33-29(34-28(16)27-17(2)35-39-18(27)3)23-12-22(7-8-24(23)30)38-15-21(37)13-32-4/h7-8,12,19-21,25,32,37H,5-6,9-11,13-15H2,1-4H3/t19-,21-,25-/m1/s1. The Kier molecular flexibility index (Phi) is 8.52. The number of benzene rings is 1. The number of ether oxygens (including phenoxy) is 1. The number of likely N-dealkylation sites (tertiary alicyclic amines) is 1. The summed E-state index contributed by atoms with van der Waals surface area (Å²) < 4.78 is 26.7. The number of aliphatic hydroxyl groups is 1. The molecule has 1 aliphatic carbocycles. The van der Waals surface area contributed by atoms with E-state index in [0.29, 0.717) is 59.2 Å². The van der Waals surface area contributed by atoms with Gasteiger partial charge in [-0.1, -0.05) is 16.8 Å². The number of aromatic nitrogens is 3. The third-order valence-electron chi connectivity index (χ3n) is 7.80. The van der Waals surface area contributed by atoms with Crippen molar-refractivity contribution in [1.82, 2.24) is 25.3 Å². The summed E-state index contributed by atoms with van der Waals surface area (Å²) in [7, 11) is 1.77. The molecule has 0 bridgehead atoms. The molecule has 0 radical (unpaired) electrons. The Labute approximate surface area is 233 Å². The molecule has 39 heavy (non-hydrogen) atoms. The summed E-state index contributed by atoms with van der Waals surface area (Å²) in [5.74, 6) is 1.53. The van der Waals surface area contributed by atoms with E-state index in [9.17, 15) is 5.11 Å². The molecular formula is C29H37ClFN5O3. The average molecular weight is 558 g/mol. The van der Waals surface area contributed by atoms with E-state index >= 15 is 4.39 Å². The van der Waals surface area contributed by atoms with Crippen LogP contribution in [0, 0.1) is 26.7 Å². The molecule has 8 nitrogen and oxygen atoms in total. The summed E-state index contributed by atoms with van der Waals surface area (Å²) in [5.41, 5.74) is 4.55. The van der Waals surface area contributed by atoms with Crippen LogP contribution >= 0.6 is 11.6 Å². The molecule has 1 aliphatic heterocycles. The van der Waals surface area contributed by atoms with Crippen molar-refractivity contribution in [2.75, 3.05) is 33.3 Å². The predicted molar refractivity (Wildman–Crippen MR) is 149 cm³/mol. The van der Waals surface area contributed by atoms with E-state index in [2.05, 4.69) is 15.4 Å². The van der Waals surface area contributed by atoms with Crippen LogP contribution in [0.15, 0.2) is 22.7 Å². The molecule has 210 valence electrons. The van der Waals surface area contributed by atoms with E-state index in [0.717, 1.165) is 35.5 Å². The molecule has 2 fully saturated rings. The monoisotopic (exact) mass is 557 g/mol. The summed E-state index contributed by atoms with van der Waals surface area (Å²) in [6.07, 6.45) is 2.14. The van der Waals surface area contributed by atoms with Gasteiger partial charge in [-0.05, 0) is 89.7 Å². The fourth-order valence-corrected chi connectivity index (χ4v) is 5.63. The minimum atomic E-state index is -0.899. The van der Waals surface area contributed by atoms with Gasteiger partial charge in [0.15, 0.2) is 5.82 Å². The SMILES string of the molecule is CNC[C@@H](O)COc1ccc(Cl)c(-c2nc(C[C@H]3CCN(C4CC4)C[C@H]3F)c(C)c(-c3c(C)noc3C)n2)c1. The van der Waals surface area contributed by atoms with Crippen LogP contribution in [-0.4, -0.2) is 76.7 Å². The molecule has 3 heterocycles. The predicted octanol–water partition coefficient (Wildman–Crippen LogP) is 4.70. The Morgan fingerprint density at radius 1 is 1.23 bits per heavy atom. The molecule has 10 heteroatoms. The fraction of sp³-hybridized carbons (Fsp3) is 0.552. The fourth-order valence-electron chi connectivity index (χ4n) is 5.43. The largest absolute Gasteiger partial charge is 0.491 e. The second-order valence-electron chi connectivity index (χ2n) is 10.8. The van der Waals surface area contributed by atoms with Gasteiger partial charge >= 0.3 is 0 Å². The van der Waals surface area contributed by atoms with Crippen molar-refractivity contribution in [3.05, 3.63) is 45.9 Å². The molecule has 3 aromatic rings. The molecule has 0 spiro atoms. The van der Waals surface area contributed by atoms with Gasteiger partial charge in [0, 0.05) is 30.4 Å². The highest BCUT2D eigenvalue weighted by Crippen LogP contribution is 2.37. The number of aryl methyl sites for hydroxylation is 2. The van der Waals surface area contributed by atoms with Crippen molar-refractivity contribution in [2.45, 2.75) is 64.8 Å². The van der Waals surface area contributed by atoms with Gasteiger partial charge in [0.25, 0.3) is 0 Å². The van der Waals surface area contributed by atoms with Gasteiger partial charge in [0.1, 0.15) is 30.4 Å². The Hall–Kier alpha value is -2.59. The zero-order valence-corrected chi connectivity index (χ0v) is 23.8. The maximum Gasteiger partial charge on any atom is 0.161 e. The minimum absolute atomic E-state index is 0.113. The van der Waals surface area contributed by atoms with Crippen LogP contribution in [0.4, 0.5) is 4.39 Å². The number of rotatable bonds is 10. The lowest BCUT2D eigenvalue weighted by Gasteiger charge is -2.35. The lowest BCUT2D eigenvalue weighted by atomic mass is 9.88. The summed E-state index contributed by atoms with van der Waals surface area (Å²) >= 11 is 6.65. The highest BCUT2D eigenvalue weighted by Gasteiger charge is 2.37. The summed E-state index contributed by atoms with van der Waals surface area (Å²) in [6.45, 7) is 7.69. The summed E-state index contributed by atoms with van der Waals surface area (Å²) in [6, 6.07) is 5.84. The first-order valence-corrected chi connectivity index (χ1v) is 14.1. The van der Waals surface area contributed by atoms with Crippen LogP contribution in [0.2, 0.25) is 5.02 Å². The molecule has 0 unspecified atom stereocenters. The van der Waals surface area contributed by atoms with Crippen molar-refractivity contribution in [3.8, 4) is 28.4 Å². The number of hydrogen-bond donors (Lipinski definition) is 2. The molecule has 1 saturated carbocycles. The van der Waals surface area contributed by atoms with Gasteiger partial charge in [-0.15, -0.1) is 0 Å². The lowest BCUT2D eigenvalue weighted by Crippen LogP contribution is -2.43. The van der Waals surface area contributed by atoms with E-state index in [4.69, 9.17) is 30.8 Å². The number of nitrogens with one attached hydrogen (secondary N) is 1. The van der Waals surface area contributed by atoms with E-state index in [1.165, 1.54) is 12.8 Å². The molecule has 1 saturated heterocycles. The van der Waals surface area contributed by atoms with E-state index in [-0.39, 0.29) is 12.5 Å². The van der Waals surface area contributed by atoms with Crippen LogP contribution in [0.25, 0.3) is 22.6 Å². The molecule has 1 aromatic carbocycles. The van der Waals surface area contributed by atoms with E-state index in [1.807, 2.05) is 20.8 Å². The first kappa shape index (κ1) is 28.0. The number of likely N-dealkylation sites (N-methyl/N-ethyl adjacent to an activating group) is 1. The maximum absolute atomic E-state index is 15.4. The van der Waals surface area contributed by atoms with Crippen LogP contribution in [-0.2, 0) is 6.42 Å². The van der Waals surface area contributed by atoms with Crippen molar-refractivity contribution in [2.24, 2.45) is 5.92 Å². The van der Waals surface area contributed by atoms with E-state index in [1.54, 1.807) is 25.2 Å². The lowest BCUT2D eigenvalue weighted by molar-refractivity contribution is 0.0792. The molecule has 3 atom stereocenters. The molecule has 2 N–H and O–H groups in total. The maximum atomic E-state index is 15.4. The Morgan fingerprint density at radius 3 is 2.69 bits per heavy atom. The normalized spacial score (nSPS) is 20.8. The molecule has 0 amide bonds. The third-order valence-corrected chi connectivity index (χ3v) is 8.13. The van der Waals surface area contributed by atoms with Crippen LogP contribution in [0.5, 0.6) is 5.75 Å². The van der Waals surface area contributed by atoms with Gasteiger partial charge in [0.05, 0.1) is 22.0 Å². The quantitative estimate of drug-likeness (QED) is 0.370. The van der Waals surface area contributed by atoms with Gasteiger partial charge in [-0.2, -0.15) is 0 Å². The Balaban J connectivity index is 1.50. The first-order valence-electron chi connectivity index (χ1n) is 13.7. The van der Waals surface area contributed by atoms with Crippen molar-refractivity contribution in [1.29, 1.82) is 0 Å². The van der Waals surface area contributed by atoms with Crippen molar-refractivity contribution < 1.29 is 18.8 Å². The number of nitrogens with zero attached hydrogens (tertiary/aromatic N) is 4. The topological polar surface area (TPSA) is 96.5 Å². The van der Waals surface area contributed by atoms with Crippen LogP contribution in [0.1, 0.15) is 42.0 Å². The highest BCUT2D eigenvalue weighted by molar-refractivity contribution is 6.33. The van der Waals surface area contributed by atoms with Gasteiger partial charge < -0.3 is 19.7 Å². The van der Waals surface area contributed by atoms with E-state index < -0.39 is 12.3 Å². The minimum Gasteiger partial charge on any atom is -0.491 e. The molecular weight excluding hydrogens is 521 g/mol. The van der Waals surface area contributed by atoms with Crippen LogP contribution < -0.4 is 10.1 Å². The Morgan fingerprint density at radius 2 is 2.03 bits per heavy atom. The number of hydrogen-bond acceptors (Lipinski definition) is 8. The Bertz CT molecular complexity index is 1290.